The van der Waals surface area contributed by atoms with Gasteiger partial charge in [0.1, 0.15) is 10.6 Å². The summed E-state index contributed by atoms with van der Waals surface area (Å²) in [5.74, 6) is -1.32. The van der Waals surface area contributed by atoms with E-state index < -0.39 is 26.0 Å². The summed E-state index contributed by atoms with van der Waals surface area (Å²) in [7, 11) is -5.30. The Bertz CT molecular complexity index is 1360. The van der Waals surface area contributed by atoms with Crippen molar-refractivity contribution < 1.29 is 31.5 Å². The first-order valence-electron chi connectivity index (χ1n) is 9.59. The molecule has 3 rings (SSSR count). The highest BCUT2D eigenvalue weighted by atomic mass is 32.2. The van der Waals surface area contributed by atoms with E-state index in [1.807, 2.05) is 30.3 Å². The van der Waals surface area contributed by atoms with E-state index in [1.54, 1.807) is 0 Å². The molecule has 3 aromatic rings. The second-order valence-corrected chi connectivity index (χ2v) is 10.7. The first-order chi connectivity index (χ1) is 15.5. The smallest absolute Gasteiger partial charge is 0.335 e. The lowest BCUT2D eigenvalue weighted by atomic mass is 10.2. The second-order valence-electron chi connectivity index (χ2n) is 7.05. The van der Waals surface area contributed by atoms with Crippen molar-refractivity contribution >= 4 is 31.7 Å². The van der Waals surface area contributed by atoms with Gasteiger partial charge in [0.25, 0.3) is 10.0 Å². The standard InChI is InChI=1S/C22H22N2O7S2/c1-24(15-16-6-4-3-5-7-16)33(29,30)19-11-9-18(10-12-19)23-32(27,28)21-14-17(22(25)26)8-13-20(21)31-2/h3-14,23H,15H2,1-2H3,(H,25,26). The van der Waals surface area contributed by atoms with Crippen molar-refractivity contribution in [3.63, 3.8) is 0 Å². The molecule has 0 amide bonds. The van der Waals surface area contributed by atoms with Crippen LogP contribution in [0.25, 0.3) is 0 Å². The summed E-state index contributed by atoms with van der Waals surface area (Å²) < 4.78 is 59.9. The number of carbonyl (C=O) groups is 1. The van der Waals surface area contributed by atoms with Gasteiger partial charge in [-0.3, -0.25) is 4.72 Å². The molecule has 0 aliphatic carbocycles. The van der Waals surface area contributed by atoms with Crippen LogP contribution in [0.15, 0.2) is 82.6 Å². The van der Waals surface area contributed by atoms with Gasteiger partial charge in [0, 0.05) is 19.3 Å². The first kappa shape index (κ1) is 24.2. The predicted octanol–water partition coefficient (Wildman–Crippen LogP) is 3.01. The molecule has 174 valence electrons. The van der Waals surface area contributed by atoms with Crippen LogP contribution in [0, 0.1) is 0 Å². The highest BCUT2D eigenvalue weighted by molar-refractivity contribution is 7.92. The van der Waals surface area contributed by atoms with Crippen LogP contribution < -0.4 is 9.46 Å². The number of benzene rings is 3. The zero-order valence-corrected chi connectivity index (χ0v) is 19.4. The summed E-state index contributed by atoms with van der Waals surface area (Å²) in [4.78, 5) is 10.9. The van der Waals surface area contributed by atoms with E-state index in [9.17, 15) is 21.6 Å². The maximum absolute atomic E-state index is 12.9. The predicted molar refractivity (Wildman–Crippen MR) is 122 cm³/mol. The number of carboxylic acids is 1. The zero-order valence-electron chi connectivity index (χ0n) is 17.8. The molecule has 3 aromatic carbocycles. The van der Waals surface area contributed by atoms with E-state index >= 15 is 0 Å². The average Bonchev–Trinajstić information content (AvgIpc) is 2.79. The molecule has 11 heteroatoms. The van der Waals surface area contributed by atoms with E-state index in [2.05, 4.69) is 4.72 Å². The van der Waals surface area contributed by atoms with Crippen molar-refractivity contribution in [3.8, 4) is 5.75 Å². The lowest BCUT2D eigenvalue weighted by Crippen LogP contribution is -2.26. The minimum absolute atomic E-state index is 0.00525. The molecule has 2 N–H and O–H groups in total. The molecular formula is C22H22N2O7S2. The van der Waals surface area contributed by atoms with E-state index in [1.165, 1.54) is 54.9 Å². The number of carboxylic acid groups (broad SMARTS) is 1. The molecule has 9 nitrogen and oxygen atoms in total. The van der Waals surface area contributed by atoms with E-state index in [4.69, 9.17) is 9.84 Å². The van der Waals surface area contributed by atoms with Crippen LogP contribution in [0.2, 0.25) is 0 Å². The number of methoxy groups -OCH3 is 1. The Hall–Kier alpha value is -3.41. The van der Waals surface area contributed by atoms with Gasteiger partial charge in [-0.25, -0.2) is 21.6 Å². The van der Waals surface area contributed by atoms with Gasteiger partial charge >= 0.3 is 5.97 Å². The second kappa shape index (κ2) is 9.61. The third-order valence-corrected chi connectivity index (χ3v) is 7.98. The van der Waals surface area contributed by atoms with Gasteiger partial charge in [0.15, 0.2) is 0 Å². The van der Waals surface area contributed by atoms with Gasteiger partial charge in [-0.05, 0) is 48.0 Å². The van der Waals surface area contributed by atoms with Crippen molar-refractivity contribution in [1.82, 2.24) is 4.31 Å². The van der Waals surface area contributed by atoms with Crippen LogP contribution in [0.4, 0.5) is 5.69 Å². The Morgan fingerprint density at radius 1 is 0.970 bits per heavy atom. The lowest BCUT2D eigenvalue weighted by molar-refractivity contribution is 0.0696. The Morgan fingerprint density at radius 3 is 2.18 bits per heavy atom. The molecule has 0 bridgehead atoms. The van der Waals surface area contributed by atoms with E-state index in [0.29, 0.717) is 0 Å². The number of aromatic carboxylic acids is 1. The quantitative estimate of drug-likeness (QED) is 0.471. The summed E-state index contributed by atoms with van der Waals surface area (Å²) in [6.07, 6.45) is 0. The molecule has 0 aromatic heterocycles. The lowest BCUT2D eigenvalue weighted by Gasteiger charge is -2.18. The van der Waals surface area contributed by atoms with Gasteiger partial charge in [-0.2, -0.15) is 4.31 Å². The van der Waals surface area contributed by atoms with Crippen LogP contribution in [0.3, 0.4) is 0 Å². The molecule has 0 fully saturated rings. The fourth-order valence-corrected chi connectivity index (χ4v) is 5.44. The van der Waals surface area contributed by atoms with Gasteiger partial charge in [0.2, 0.25) is 10.0 Å². The Kier molecular flexibility index (Phi) is 7.06. The van der Waals surface area contributed by atoms with Crippen LogP contribution in [-0.4, -0.2) is 46.4 Å². The topological polar surface area (TPSA) is 130 Å². The van der Waals surface area contributed by atoms with E-state index in [-0.39, 0.29) is 33.3 Å². The first-order valence-corrected chi connectivity index (χ1v) is 12.5. The minimum Gasteiger partial charge on any atom is -0.495 e. The number of anilines is 1. The third kappa shape index (κ3) is 5.51. The number of ether oxygens (including phenoxy) is 1. The highest BCUT2D eigenvalue weighted by Gasteiger charge is 2.24. The van der Waals surface area contributed by atoms with Crippen molar-refractivity contribution in [2.24, 2.45) is 0 Å². The molecule has 33 heavy (non-hydrogen) atoms. The van der Waals surface area contributed by atoms with Gasteiger partial charge < -0.3 is 9.84 Å². The summed E-state index contributed by atoms with van der Waals surface area (Å²) >= 11 is 0. The van der Waals surface area contributed by atoms with Gasteiger partial charge in [-0.1, -0.05) is 30.3 Å². The highest BCUT2D eigenvalue weighted by Crippen LogP contribution is 2.28. The molecule has 0 aliphatic heterocycles. The van der Waals surface area contributed by atoms with Crippen LogP contribution in [0.1, 0.15) is 15.9 Å². The van der Waals surface area contributed by atoms with Crippen LogP contribution >= 0.6 is 0 Å². The average molecular weight is 491 g/mol. The third-order valence-electron chi connectivity index (χ3n) is 4.76. The van der Waals surface area contributed by atoms with Gasteiger partial charge in [0.05, 0.1) is 17.6 Å². The molecule has 0 saturated heterocycles. The van der Waals surface area contributed by atoms with Crippen LogP contribution in [-0.2, 0) is 26.6 Å². The van der Waals surface area contributed by atoms with Crippen molar-refractivity contribution in [2.75, 3.05) is 18.9 Å². The molecule has 0 heterocycles. The van der Waals surface area contributed by atoms with E-state index in [0.717, 1.165) is 11.6 Å². The fourth-order valence-electron chi connectivity index (χ4n) is 3.03. The minimum atomic E-state index is -4.22. The molecular weight excluding hydrogens is 468 g/mol. The molecule has 0 unspecified atom stereocenters. The Balaban J connectivity index is 1.83. The number of hydrogen-bond acceptors (Lipinski definition) is 6. The van der Waals surface area contributed by atoms with Crippen molar-refractivity contribution in [1.29, 1.82) is 0 Å². The summed E-state index contributed by atoms with van der Waals surface area (Å²) in [5.41, 5.74) is 0.701. The Morgan fingerprint density at radius 2 is 1.61 bits per heavy atom. The summed E-state index contributed by atoms with van der Waals surface area (Å²) in [6.45, 7) is 0.178. The maximum Gasteiger partial charge on any atom is 0.335 e. The number of nitrogens with zero attached hydrogens (tertiary/aromatic N) is 1. The molecule has 0 saturated carbocycles. The molecule has 0 spiro atoms. The fraction of sp³-hybridized carbons (Fsp3) is 0.136. The monoisotopic (exact) mass is 490 g/mol. The number of nitrogens with one attached hydrogen (secondary N) is 1. The van der Waals surface area contributed by atoms with Crippen molar-refractivity contribution in [3.05, 3.63) is 83.9 Å². The Labute approximate surface area is 192 Å². The largest absolute Gasteiger partial charge is 0.495 e. The number of hydrogen-bond donors (Lipinski definition) is 2. The maximum atomic E-state index is 12.9. The SMILES string of the molecule is COc1ccc(C(=O)O)cc1S(=O)(=O)Nc1ccc(S(=O)(=O)N(C)Cc2ccccc2)cc1. The van der Waals surface area contributed by atoms with Crippen molar-refractivity contribution in [2.45, 2.75) is 16.3 Å². The zero-order chi connectivity index (χ0) is 24.2. The summed E-state index contributed by atoms with van der Waals surface area (Å²) in [5, 5.41) is 9.16. The number of sulfonamides is 2. The molecule has 0 atom stereocenters. The van der Waals surface area contributed by atoms with Crippen LogP contribution in [0.5, 0.6) is 5.75 Å². The molecule has 0 radical (unpaired) electrons. The summed E-state index contributed by atoms with van der Waals surface area (Å²) in [6, 6.07) is 17.8. The normalized spacial score (nSPS) is 11.8. The number of rotatable bonds is 9. The van der Waals surface area contributed by atoms with Gasteiger partial charge in [-0.15, -0.1) is 0 Å². The molecule has 0 aliphatic rings.